The van der Waals surface area contributed by atoms with Gasteiger partial charge in [-0.1, -0.05) is 18.2 Å². The molecule has 0 aliphatic carbocycles. The molecule has 4 rings (SSSR count). The summed E-state index contributed by atoms with van der Waals surface area (Å²) in [5, 5.41) is 41.1. The van der Waals surface area contributed by atoms with E-state index in [1.54, 1.807) is 25.1 Å². The number of benzene rings is 3. The van der Waals surface area contributed by atoms with Gasteiger partial charge in [0.05, 0.1) is 22.6 Å². The topological polar surface area (TPSA) is 140 Å². The van der Waals surface area contributed by atoms with E-state index in [2.05, 4.69) is 15.3 Å². The highest BCUT2D eigenvalue weighted by Gasteiger charge is 2.19. The molecular weight excluding hydrogens is 436 g/mol. The summed E-state index contributed by atoms with van der Waals surface area (Å²) in [4.78, 5) is 24.3. The molecule has 0 fully saturated rings. The molecule has 9 nitrogen and oxygen atoms in total. The zero-order valence-electron chi connectivity index (χ0n) is 18.7. The Kier molecular flexibility index (Phi) is 5.77. The number of carbonyl (C=O) groups is 1. The van der Waals surface area contributed by atoms with Crippen LogP contribution in [0.25, 0.3) is 16.8 Å². The van der Waals surface area contributed by atoms with Gasteiger partial charge in [0, 0.05) is 0 Å². The quantitative estimate of drug-likeness (QED) is 0.301. The number of nitrogens with one attached hydrogen (secondary N) is 1. The van der Waals surface area contributed by atoms with E-state index in [0.29, 0.717) is 22.6 Å². The van der Waals surface area contributed by atoms with Gasteiger partial charge in [-0.05, 0) is 73.9 Å². The van der Waals surface area contributed by atoms with Gasteiger partial charge in [-0.25, -0.2) is 9.48 Å². The van der Waals surface area contributed by atoms with Gasteiger partial charge in [-0.3, -0.25) is 9.89 Å². The fourth-order valence-corrected chi connectivity index (χ4v) is 3.57. The van der Waals surface area contributed by atoms with Crippen molar-refractivity contribution in [3.8, 4) is 28.3 Å². The molecule has 0 atom stereocenters. The number of carboxylic acid groups (broad SMARTS) is 1. The molecule has 0 amide bonds. The smallest absolute Gasteiger partial charge is 0.339 e. The Labute approximate surface area is 194 Å². The van der Waals surface area contributed by atoms with Crippen LogP contribution in [0.2, 0.25) is 0 Å². The van der Waals surface area contributed by atoms with E-state index in [4.69, 9.17) is 0 Å². The van der Waals surface area contributed by atoms with Gasteiger partial charge >= 0.3 is 5.97 Å². The Balaban J connectivity index is 1.71. The van der Waals surface area contributed by atoms with Crippen LogP contribution in [-0.4, -0.2) is 31.1 Å². The predicted octanol–water partition coefficient (Wildman–Crippen LogP) is 5.28. The molecule has 9 heteroatoms. The highest BCUT2D eigenvalue weighted by molar-refractivity contribution is 5.95. The Morgan fingerprint density at radius 2 is 1.71 bits per heavy atom. The lowest BCUT2D eigenvalue weighted by atomic mass is 9.99. The van der Waals surface area contributed by atoms with E-state index in [-0.39, 0.29) is 28.1 Å². The number of phenols is 2. The second-order valence-corrected chi connectivity index (χ2v) is 7.91. The summed E-state index contributed by atoms with van der Waals surface area (Å²) in [5.74, 6) is -2.16. The number of carboxylic acids is 1. The normalized spacial score (nSPS) is 11.3. The van der Waals surface area contributed by atoms with Crippen LogP contribution in [0.15, 0.2) is 69.6 Å². The van der Waals surface area contributed by atoms with Gasteiger partial charge in [-0.2, -0.15) is 5.11 Å². The van der Waals surface area contributed by atoms with Gasteiger partial charge in [-0.15, -0.1) is 5.11 Å². The molecule has 172 valence electrons. The van der Waals surface area contributed by atoms with E-state index in [9.17, 15) is 24.9 Å². The first-order valence-corrected chi connectivity index (χ1v) is 10.4. The molecular formula is C25H22N4O5. The fraction of sp³-hybridized carbons (Fsp3) is 0.120. The lowest BCUT2D eigenvalue weighted by molar-refractivity contribution is 0.0694. The van der Waals surface area contributed by atoms with Crippen LogP contribution >= 0.6 is 0 Å². The predicted molar refractivity (Wildman–Crippen MR) is 127 cm³/mol. The molecule has 34 heavy (non-hydrogen) atoms. The molecule has 3 aromatic carbocycles. The Hall–Kier alpha value is -4.66. The van der Waals surface area contributed by atoms with Crippen molar-refractivity contribution >= 4 is 17.3 Å². The van der Waals surface area contributed by atoms with Gasteiger partial charge < -0.3 is 15.3 Å². The van der Waals surface area contributed by atoms with Crippen molar-refractivity contribution in [1.82, 2.24) is 9.78 Å². The maximum Gasteiger partial charge on any atom is 0.339 e. The van der Waals surface area contributed by atoms with E-state index in [1.165, 1.54) is 16.8 Å². The summed E-state index contributed by atoms with van der Waals surface area (Å²) >= 11 is 0. The van der Waals surface area contributed by atoms with Crippen LogP contribution in [0.1, 0.15) is 27.2 Å². The summed E-state index contributed by atoms with van der Waals surface area (Å²) in [6, 6.07) is 14.4. The average molecular weight is 458 g/mol. The van der Waals surface area contributed by atoms with Gasteiger partial charge in [0.25, 0.3) is 5.56 Å². The number of aromatic carboxylic acids is 1. The number of aromatic hydroxyl groups is 2. The maximum absolute atomic E-state index is 12.9. The number of hydrogen-bond acceptors (Lipinski definition) is 6. The second kappa shape index (κ2) is 8.70. The van der Waals surface area contributed by atoms with Gasteiger partial charge in [0.1, 0.15) is 17.1 Å². The van der Waals surface area contributed by atoms with Crippen molar-refractivity contribution in [2.45, 2.75) is 20.8 Å². The standard InChI is InChI=1S/C25H22N4O5/c1-13-7-8-18(11-14(13)2)29-24(32)22(15(3)28-29)27-26-17-6-4-5-16(12-17)21-20(30)10-9-19(23(21)31)25(33)34/h4-12,28,30-31H,1-3H3,(H,33,34). The third-order valence-electron chi connectivity index (χ3n) is 5.58. The Morgan fingerprint density at radius 1 is 0.941 bits per heavy atom. The maximum atomic E-state index is 12.9. The molecule has 0 aliphatic heterocycles. The minimum atomic E-state index is -1.32. The first-order valence-electron chi connectivity index (χ1n) is 10.4. The first kappa shape index (κ1) is 22.5. The van der Waals surface area contributed by atoms with Crippen LogP contribution in [0.5, 0.6) is 11.5 Å². The number of nitrogens with zero attached hydrogens (tertiary/aromatic N) is 3. The highest BCUT2D eigenvalue weighted by Crippen LogP contribution is 2.40. The first-order chi connectivity index (χ1) is 16.2. The van der Waals surface area contributed by atoms with Crippen molar-refractivity contribution in [2.75, 3.05) is 0 Å². The number of H-pyrrole nitrogens is 1. The van der Waals surface area contributed by atoms with E-state index in [0.717, 1.165) is 17.2 Å². The summed E-state index contributed by atoms with van der Waals surface area (Å²) in [6.45, 7) is 5.68. The van der Waals surface area contributed by atoms with Crippen LogP contribution in [0.4, 0.5) is 11.4 Å². The monoisotopic (exact) mass is 458 g/mol. The highest BCUT2D eigenvalue weighted by atomic mass is 16.4. The zero-order chi connectivity index (χ0) is 24.6. The van der Waals surface area contributed by atoms with Crippen LogP contribution in [0.3, 0.4) is 0 Å². The second-order valence-electron chi connectivity index (χ2n) is 7.91. The molecule has 0 saturated carbocycles. The molecule has 1 heterocycles. The van der Waals surface area contributed by atoms with Crippen molar-refractivity contribution < 1.29 is 20.1 Å². The summed E-state index contributed by atoms with van der Waals surface area (Å²) in [6.07, 6.45) is 0. The molecule has 4 N–H and O–H groups in total. The SMILES string of the molecule is Cc1ccc(-n2[nH]c(C)c(N=Nc3cccc(-c4c(O)ccc(C(=O)O)c4O)c3)c2=O)cc1C. The summed E-state index contributed by atoms with van der Waals surface area (Å²) in [5.41, 5.74) is 3.48. The molecule has 0 bridgehead atoms. The van der Waals surface area contributed by atoms with Crippen molar-refractivity contribution in [3.05, 3.63) is 87.3 Å². The fourth-order valence-electron chi connectivity index (χ4n) is 3.57. The number of hydrogen-bond donors (Lipinski definition) is 4. The minimum Gasteiger partial charge on any atom is -0.507 e. The average Bonchev–Trinajstić information content (AvgIpc) is 3.07. The molecule has 0 radical (unpaired) electrons. The number of aryl methyl sites for hydroxylation is 3. The minimum absolute atomic E-state index is 0.0353. The van der Waals surface area contributed by atoms with Crippen molar-refractivity contribution in [1.29, 1.82) is 0 Å². The molecule has 0 aliphatic rings. The number of rotatable bonds is 5. The molecule has 4 aromatic rings. The van der Waals surface area contributed by atoms with Crippen LogP contribution < -0.4 is 5.56 Å². The number of azo groups is 1. The van der Waals surface area contributed by atoms with Crippen LogP contribution in [-0.2, 0) is 0 Å². The van der Waals surface area contributed by atoms with Crippen LogP contribution in [0, 0.1) is 20.8 Å². The molecule has 0 unspecified atom stereocenters. The largest absolute Gasteiger partial charge is 0.507 e. The molecule has 0 spiro atoms. The van der Waals surface area contributed by atoms with Gasteiger partial charge in [0.15, 0.2) is 5.69 Å². The lowest BCUT2D eigenvalue weighted by Crippen LogP contribution is -2.14. The molecule has 0 saturated heterocycles. The summed E-state index contributed by atoms with van der Waals surface area (Å²) in [7, 11) is 0. The number of phenolic OH excluding ortho intramolecular Hbond substituents is 1. The van der Waals surface area contributed by atoms with Crippen molar-refractivity contribution in [2.24, 2.45) is 10.2 Å². The summed E-state index contributed by atoms with van der Waals surface area (Å²) < 4.78 is 1.40. The third-order valence-corrected chi connectivity index (χ3v) is 5.58. The number of aromatic nitrogens is 2. The van der Waals surface area contributed by atoms with E-state index >= 15 is 0 Å². The van der Waals surface area contributed by atoms with Crippen molar-refractivity contribution in [3.63, 3.8) is 0 Å². The van der Waals surface area contributed by atoms with E-state index < -0.39 is 11.7 Å². The number of aromatic amines is 1. The van der Waals surface area contributed by atoms with Gasteiger partial charge in [0.2, 0.25) is 0 Å². The molecule has 1 aromatic heterocycles. The van der Waals surface area contributed by atoms with E-state index in [1.807, 2.05) is 32.0 Å². The Morgan fingerprint density at radius 3 is 2.41 bits per heavy atom. The third kappa shape index (κ3) is 4.06. The lowest BCUT2D eigenvalue weighted by Gasteiger charge is -2.10. The zero-order valence-corrected chi connectivity index (χ0v) is 18.7. The Bertz CT molecular complexity index is 1510.